The van der Waals surface area contributed by atoms with Gasteiger partial charge in [-0.25, -0.2) is 13.4 Å². The first-order valence-electron chi connectivity index (χ1n) is 4.64. The molecule has 1 heterocycles. The Balaban J connectivity index is 2.95. The minimum Gasteiger partial charge on any atom is -0.244 e. The Kier molecular flexibility index (Phi) is 4.27. The van der Waals surface area contributed by atoms with Crippen molar-refractivity contribution in [2.75, 3.05) is 11.6 Å². The van der Waals surface area contributed by atoms with Crippen molar-refractivity contribution < 1.29 is 8.42 Å². The third-order valence-electron chi connectivity index (χ3n) is 1.98. The Morgan fingerprint density at radius 3 is 2.69 bits per heavy atom. The Labute approximate surface area is 99.8 Å². The van der Waals surface area contributed by atoms with Gasteiger partial charge in [-0.3, -0.25) is 0 Å². The predicted molar refractivity (Wildman–Crippen MR) is 60.9 cm³/mol. The van der Waals surface area contributed by atoms with Crippen molar-refractivity contribution in [1.29, 1.82) is 5.26 Å². The van der Waals surface area contributed by atoms with Crippen molar-refractivity contribution in [3.63, 3.8) is 0 Å². The maximum Gasteiger partial charge on any atom is 0.180 e. The second-order valence-electron chi connectivity index (χ2n) is 3.53. The van der Waals surface area contributed by atoms with Crippen molar-refractivity contribution in [3.05, 3.63) is 24.0 Å². The van der Waals surface area contributed by atoms with Crippen molar-refractivity contribution in [2.24, 2.45) is 5.92 Å². The lowest BCUT2D eigenvalue weighted by atomic mass is 10.3. The smallest absolute Gasteiger partial charge is 0.180 e. The summed E-state index contributed by atoms with van der Waals surface area (Å²) in [5.74, 6) is 0.176. The highest BCUT2D eigenvalue weighted by Crippen LogP contribution is 2.14. The summed E-state index contributed by atoms with van der Waals surface area (Å²) < 4.78 is 23.6. The number of aromatic nitrogens is 1. The first-order chi connectivity index (χ1) is 7.49. The fourth-order valence-electron chi connectivity index (χ4n) is 1.15. The molecule has 0 aliphatic carbocycles. The molecule has 0 aliphatic heterocycles. The number of alkyl halides is 1. The molecule has 1 atom stereocenters. The van der Waals surface area contributed by atoms with Gasteiger partial charge in [0.25, 0.3) is 0 Å². The van der Waals surface area contributed by atoms with Crippen molar-refractivity contribution >= 4 is 21.4 Å². The molecule has 1 unspecified atom stereocenters. The molecule has 86 valence electrons. The summed E-state index contributed by atoms with van der Waals surface area (Å²) in [6.45, 7) is 1.77. The fourth-order valence-corrected chi connectivity index (χ4v) is 2.93. The molecule has 6 heteroatoms. The van der Waals surface area contributed by atoms with Crippen LogP contribution in [-0.4, -0.2) is 25.0 Å². The first kappa shape index (κ1) is 12.9. The van der Waals surface area contributed by atoms with Gasteiger partial charge >= 0.3 is 0 Å². The zero-order valence-corrected chi connectivity index (χ0v) is 10.3. The minimum absolute atomic E-state index is 0.00984. The average molecular weight is 259 g/mol. The lowest BCUT2D eigenvalue weighted by Crippen LogP contribution is -2.15. The summed E-state index contributed by atoms with van der Waals surface area (Å²) >= 11 is 5.57. The van der Waals surface area contributed by atoms with Gasteiger partial charge in [-0.1, -0.05) is 6.92 Å². The summed E-state index contributed by atoms with van der Waals surface area (Å²) in [5.41, 5.74) is 0.198. The van der Waals surface area contributed by atoms with E-state index < -0.39 is 9.84 Å². The van der Waals surface area contributed by atoms with Crippen LogP contribution in [0.5, 0.6) is 0 Å². The van der Waals surface area contributed by atoms with Crippen LogP contribution in [0.25, 0.3) is 0 Å². The number of nitrogens with zero attached hydrogens (tertiary/aromatic N) is 2. The van der Waals surface area contributed by atoms with E-state index >= 15 is 0 Å². The summed E-state index contributed by atoms with van der Waals surface area (Å²) in [5, 5.41) is 8.54. The molecule has 16 heavy (non-hydrogen) atoms. The lowest BCUT2D eigenvalue weighted by molar-refractivity contribution is 0.582. The highest BCUT2D eigenvalue weighted by molar-refractivity contribution is 7.91. The molecule has 0 saturated heterocycles. The van der Waals surface area contributed by atoms with Crippen molar-refractivity contribution in [1.82, 2.24) is 4.98 Å². The van der Waals surface area contributed by atoms with Crippen LogP contribution in [0.2, 0.25) is 0 Å². The Morgan fingerprint density at radius 1 is 1.56 bits per heavy atom. The molecule has 4 nitrogen and oxygen atoms in total. The van der Waals surface area contributed by atoms with Gasteiger partial charge in [0.2, 0.25) is 0 Å². The van der Waals surface area contributed by atoms with Crippen LogP contribution in [0.15, 0.2) is 23.2 Å². The van der Waals surface area contributed by atoms with E-state index in [1.165, 1.54) is 18.3 Å². The van der Waals surface area contributed by atoms with Crippen molar-refractivity contribution in [3.8, 4) is 6.07 Å². The van der Waals surface area contributed by atoms with Crippen LogP contribution in [-0.2, 0) is 9.84 Å². The van der Waals surface area contributed by atoms with Gasteiger partial charge in [0.05, 0.1) is 10.6 Å². The number of halogens is 1. The molecular formula is C10H11ClN2O2S. The number of rotatable bonds is 4. The fraction of sp³-hybridized carbons (Fsp3) is 0.400. The van der Waals surface area contributed by atoms with Gasteiger partial charge in [-0.15, -0.1) is 11.6 Å². The van der Waals surface area contributed by atoms with Gasteiger partial charge in [0.15, 0.2) is 9.84 Å². The summed E-state index contributed by atoms with van der Waals surface area (Å²) in [6.07, 6.45) is 1.20. The van der Waals surface area contributed by atoms with Gasteiger partial charge in [0.1, 0.15) is 11.8 Å². The van der Waals surface area contributed by atoms with E-state index in [2.05, 4.69) is 4.98 Å². The number of hydrogen-bond donors (Lipinski definition) is 0. The van der Waals surface area contributed by atoms with E-state index in [4.69, 9.17) is 16.9 Å². The van der Waals surface area contributed by atoms with E-state index in [0.29, 0.717) is 5.88 Å². The third-order valence-corrected chi connectivity index (χ3v) is 4.47. The molecule has 1 aromatic rings. The summed E-state index contributed by atoms with van der Waals surface area (Å²) in [7, 11) is -3.35. The normalized spacial score (nSPS) is 13.1. The van der Waals surface area contributed by atoms with E-state index in [1.54, 1.807) is 6.92 Å². The standard InChI is InChI=1S/C10H11ClN2O2S/c1-8(4-11)7-16(14,15)10-3-2-9(5-12)13-6-10/h2-3,6,8H,4,7H2,1H3. The highest BCUT2D eigenvalue weighted by atomic mass is 35.5. The molecule has 0 amide bonds. The number of hydrogen-bond acceptors (Lipinski definition) is 4. The Hall–Kier alpha value is -1.12. The Bertz CT molecular complexity index is 491. The van der Waals surface area contributed by atoms with Gasteiger partial charge < -0.3 is 0 Å². The van der Waals surface area contributed by atoms with E-state index in [-0.39, 0.29) is 22.3 Å². The SMILES string of the molecule is CC(CCl)CS(=O)(=O)c1ccc(C#N)nc1. The third kappa shape index (κ3) is 3.19. The molecule has 0 aliphatic rings. The van der Waals surface area contributed by atoms with Crippen LogP contribution >= 0.6 is 11.6 Å². The van der Waals surface area contributed by atoms with Crippen LogP contribution in [0, 0.1) is 17.2 Å². The van der Waals surface area contributed by atoms with E-state index in [1.807, 2.05) is 6.07 Å². The molecule has 0 bridgehead atoms. The second-order valence-corrected chi connectivity index (χ2v) is 5.87. The molecule has 0 saturated carbocycles. The number of pyridine rings is 1. The summed E-state index contributed by atoms with van der Waals surface area (Å²) in [4.78, 5) is 3.85. The molecule has 0 spiro atoms. The molecule has 0 radical (unpaired) electrons. The van der Waals surface area contributed by atoms with E-state index in [9.17, 15) is 8.42 Å². The summed E-state index contributed by atoms with van der Waals surface area (Å²) in [6, 6.07) is 4.61. The Morgan fingerprint density at radius 2 is 2.25 bits per heavy atom. The maximum absolute atomic E-state index is 11.8. The van der Waals surface area contributed by atoms with Crippen LogP contribution in [0.3, 0.4) is 0 Å². The molecule has 1 aromatic heterocycles. The molecule has 0 aromatic carbocycles. The van der Waals surface area contributed by atoms with E-state index in [0.717, 1.165) is 0 Å². The average Bonchev–Trinajstić information content (AvgIpc) is 2.28. The zero-order chi connectivity index (χ0) is 12.2. The quantitative estimate of drug-likeness (QED) is 0.769. The van der Waals surface area contributed by atoms with Crippen LogP contribution in [0.1, 0.15) is 12.6 Å². The molecule has 0 fully saturated rings. The van der Waals surface area contributed by atoms with Gasteiger partial charge in [0, 0.05) is 12.1 Å². The largest absolute Gasteiger partial charge is 0.244 e. The van der Waals surface area contributed by atoms with Crippen LogP contribution < -0.4 is 0 Å². The topological polar surface area (TPSA) is 70.8 Å². The maximum atomic E-state index is 11.8. The predicted octanol–water partition coefficient (Wildman–Crippen LogP) is 1.60. The highest BCUT2D eigenvalue weighted by Gasteiger charge is 2.18. The second kappa shape index (κ2) is 5.28. The van der Waals surface area contributed by atoms with Crippen molar-refractivity contribution in [2.45, 2.75) is 11.8 Å². The molecule has 1 rings (SSSR count). The number of sulfone groups is 1. The van der Waals surface area contributed by atoms with Gasteiger partial charge in [-0.2, -0.15) is 5.26 Å². The molecular weight excluding hydrogens is 248 g/mol. The minimum atomic E-state index is -3.35. The van der Waals surface area contributed by atoms with Crippen LogP contribution in [0.4, 0.5) is 0 Å². The molecule has 0 N–H and O–H groups in total. The number of nitriles is 1. The zero-order valence-electron chi connectivity index (χ0n) is 8.72. The van der Waals surface area contributed by atoms with Gasteiger partial charge in [-0.05, 0) is 18.1 Å². The monoisotopic (exact) mass is 258 g/mol. The first-order valence-corrected chi connectivity index (χ1v) is 6.83. The lowest BCUT2D eigenvalue weighted by Gasteiger charge is -2.08.